The standard InChI is InChI=1S/C17H15ClN2O6/c1-10(16(21)19-11-4-3-5-13(8-11)25-2)26-17(22)14-9-12(20(23)24)6-7-15(14)18/h3-10H,1-2H3,(H,19,21)/t10-/m1/s1. The summed E-state index contributed by atoms with van der Waals surface area (Å²) in [5.41, 5.74) is -0.0395. The minimum absolute atomic E-state index is 0.0130. The van der Waals surface area contributed by atoms with E-state index in [9.17, 15) is 19.7 Å². The van der Waals surface area contributed by atoms with Gasteiger partial charge in [0.2, 0.25) is 0 Å². The van der Waals surface area contributed by atoms with E-state index in [1.165, 1.54) is 20.1 Å². The average Bonchev–Trinajstić information content (AvgIpc) is 2.61. The number of hydrogen-bond acceptors (Lipinski definition) is 6. The van der Waals surface area contributed by atoms with Crippen LogP contribution in [0.1, 0.15) is 17.3 Å². The van der Waals surface area contributed by atoms with Gasteiger partial charge in [-0.2, -0.15) is 0 Å². The number of esters is 1. The van der Waals surface area contributed by atoms with Gasteiger partial charge in [-0.1, -0.05) is 17.7 Å². The van der Waals surface area contributed by atoms with E-state index < -0.39 is 22.9 Å². The summed E-state index contributed by atoms with van der Waals surface area (Å²) in [5.74, 6) is -0.962. The fraction of sp³-hybridized carbons (Fsp3) is 0.176. The summed E-state index contributed by atoms with van der Waals surface area (Å²) < 4.78 is 10.1. The fourth-order valence-electron chi connectivity index (χ4n) is 2.01. The Morgan fingerprint density at radius 3 is 2.62 bits per heavy atom. The van der Waals surface area contributed by atoms with Gasteiger partial charge >= 0.3 is 5.97 Å². The molecule has 8 nitrogen and oxygen atoms in total. The van der Waals surface area contributed by atoms with Gasteiger partial charge in [0.1, 0.15) is 5.75 Å². The van der Waals surface area contributed by atoms with Crippen LogP contribution in [-0.4, -0.2) is 30.0 Å². The molecule has 0 saturated carbocycles. The van der Waals surface area contributed by atoms with E-state index >= 15 is 0 Å². The SMILES string of the molecule is COc1cccc(NC(=O)[C@@H](C)OC(=O)c2cc([N+](=O)[O-])ccc2Cl)c1. The van der Waals surface area contributed by atoms with Gasteiger partial charge in [-0.25, -0.2) is 4.79 Å². The molecule has 2 rings (SSSR count). The zero-order valence-corrected chi connectivity index (χ0v) is 14.6. The highest BCUT2D eigenvalue weighted by Crippen LogP contribution is 2.23. The molecule has 0 fully saturated rings. The summed E-state index contributed by atoms with van der Waals surface area (Å²) in [5, 5.41) is 13.4. The second-order valence-corrected chi connectivity index (χ2v) is 5.60. The van der Waals surface area contributed by atoms with Gasteiger partial charge in [0, 0.05) is 23.9 Å². The molecular weight excluding hydrogens is 364 g/mol. The third-order valence-corrected chi connectivity index (χ3v) is 3.70. The van der Waals surface area contributed by atoms with E-state index in [1.54, 1.807) is 24.3 Å². The smallest absolute Gasteiger partial charge is 0.340 e. The molecule has 136 valence electrons. The second-order valence-electron chi connectivity index (χ2n) is 5.19. The molecule has 1 N–H and O–H groups in total. The van der Waals surface area contributed by atoms with E-state index in [0.717, 1.165) is 12.1 Å². The van der Waals surface area contributed by atoms with Crippen LogP contribution in [-0.2, 0) is 9.53 Å². The molecule has 2 aromatic rings. The molecule has 9 heteroatoms. The van der Waals surface area contributed by atoms with Gasteiger partial charge in [0.05, 0.1) is 22.6 Å². The van der Waals surface area contributed by atoms with Crippen molar-refractivity contribution in [3.05, 3.63) is 63.2 Å². The fourth-order valence-corrected chi connectivity index (χ4v) is 2.20. The molecule has 2 aromatic carbocycles. The first kappa shape index (κ1) is 19.2. The Kier molecular flexibility index (Phi) is 6.13. The first-order chi connectivity index (χ1) is 12.3. The van der Waals surface area contributed by atoms with Crippen LogP contribution in [0.15, 0.2) is 42.5 Å². The number of nitrogens with one attached hydrogen (secondary N) is 1. The molecule has 0 aliphatic rings. The van der Waals surface area contributed by atoms with Crippen molar-refractivity contribution < 1.29 is 24.0 Å². The van der Waals surface area contributed by atoms with E-state index in [4.69, 9.17) is 21.1 Å². The minimum atomic E-state index is -1.15. The number of amides is 1. The van der Waals surface area contributed by atoms with Gasteiger partial charge < -0.3 is 14.8 Å². The van der Waals surface area contributed by atoms with Crippen LogP contribution in [0.2, 0.25) is 5.02 Å². The number of rotatable bonds is 6. The van der Waals surface area contributed by atoms with Crippen molar-refractivity contribution in [1.82, 2.24) is 0 Å². The first-order valence-electron chi connectivity index (χ1n) is 7.41. The van der Waals surface area contributed by atoms with Crippen LogP contribution in [0.25, 0.3) is 0 Å². The topological polar surface area (TPSA) is 108 Å². The van der Waals surface area contributed by atoms with Gasteiger partial charge in [-0.15, -0.1) is 0 Å². The molecule has 0 spiro atoms. The first-order valence-corrected chi connectivity index (χ1v) is 7.79. The highest BCUT2D eigenvalue weighted by molar-refractivity contribution is 6.33. The van der Waals surface area contributed by atoms with Gasteiger partial charge in [-0.05, 0) is 25.1 Å². The summed E-state index contributed by atoms with van der Waals surface area (Å²) >= 11 is 5.88. The number of carbonyl (C=O) groups is 2. The molecule has 0 radical (unpaired) electrons. The number of carbonyl (C=O) groups excluding carboxylic acids is 2. The number of hydrogen-bond donors (Lipinski definition) is 1. The number of nitro benzene ring substituents is 1. The van der Waals surface area contributed by atoms with E-state index in [1.807, 2.05) is 0 Å². The normalized spacial score (nSPS) is 11.3. The van der Waals surface area contributed by atoms with E-state index in [0.29, 0.717) is 11.4 Å². The molecule has 1 atom stereocenters. The Bertz CT molecular complexity index is 855. The number of ether oxygens (including phenoxy) is 2. The average molecular weight is 379 g/mol. The third kappa shape index (κ3) is 4.70. The Morgan fingerprint density at radius 1 is 1.23 bits per heavy atom. The Labute approximate surface area is 153 Å². The van der Waals surface area contributed by atoms with Crippen molar-refractivity contribution in [3.8, 4) is 5.75 Å². The van der Waals surface area contributed by atoms with Crippen molar-refractivity contribution in [2.45, 2.75) is 13.0 Å². The molecule has 0 aromatic heterocycles. The van der Waals surface area contributed by atoms with Crippen molar-refractivity contribution in [2.24, 2.45) is 0 Å². The highest BCUT2D eigenvalue weighted by Gasteiger charge is 2.22. The van der Waals surface area contributed by atoms with Crippen LogP contribution in [0.4, 0.5) is 11.4 Å². The maximum atomic E-state index is 12.2. The van der Waals surface area contributed by atoms with Crippen LogP contribution >= 0.6 is 11.6 Å². The third-order valence-electron chi connectivity index (χ3n) is 3.37. The number of nitrogens with zero attached hydrogens (tertiary/aromatic N) is 1. The van der Waals surface area contributed by atoms with Crippen LogP contribution in [0.3, 0.4) is 0 Å². The van der Waals surface area contributed by atoms with Crippen molar-refractivity contribution in [2.75, 3.05) is 12.4 Å². The molecule has 1 amide bonds. The molecule has 0 heterocycles. The number of anilines is 1. The summed E-state index contributed by atoms with van der Waals surface area (Å²) in [6.07, 6.45) is -1.15. The number of methoxy groups -OCH3 is 1. The second kappa shape index (κ2) is 8.30. The molecule has 0 aliphatic carbocycles. The Morgan fingerprint density at radius 2 is 1.96 bits per heavy atom. The lowest BCUT2D eigenvalue weighted by Gasteiger charge is -2.14. The zero-order valence-electron chi connectivity index (χ0n) is 13.9. The molecule has 26 heavy (non-hydrogen) atoms. The maximum Gasteiger partial charge on any atom is 0.340 e. The highest BCUT2D eigenvalue weighted by atomic mass is 35.5. The predicted octanol–water partition coefficient (Wildman–Crippen LogP) is 3.44. The summed E-state index contributed by atoms with van der Waals surface area (Å²) in [4.78, 5) is 34.5. The molecule has 0 saturated heterocycles. The monoisotopic (exact) mass is 378 g/mol. The summed E-state index contributed by atoms with van der Waals surface area (Å²) in [6.45, 7) is 1.37. The zero-order chi connectivity index (χ0) is 19.3. The molecule has 0 unspecified atom stereocenters. The molecule has 0 bridgehead atoms. The van der Waals surface area contributed by atoms with E-state index in [2.05, 4.69) is 5.32 Å². The summed E-state index contributed by atoms with van der Waals surface area (Å²) in [6, 6.07) is 10.0. The lowest BCUT2D eigenvalue weighted by atomic mass is 10.2. The number of nitro groups is 1. The quantitative estimate of drug-likeness (QED) is 0.468. The maximum absolute atomic E-state index is 12.2. The van der Waals surface area contributed by atoms with Gasteiger partial charge in [-0.3, -0.25) is 14.9 Å². The number of benzene rings is 2. The van der Waals surface area contributed by atoms with Crippen LogP contribution < -0.4 is 10.1 Å². The molecule has 0 aliphatic heterocycles. The van der Waals surface area contributed by atoms with Gasteiger partial charge in [0.15, 0.2) is 6.10 Å². The molecular formula is C17H15ClN2O6. The Hall–Kier alpha value is -3.13. The van der Waals surface area contributed by atoms with E-state index in [-0.39, 0.29) is 16.3 Å². The van der Waals surface area contributed by atoms with Gasteiger partial charge in [0.25, 0.3) is 11.6 Å². The van der Waals surface area contributed by atoms with Crippen LogP contribution in [0, 0.1) is 10.1 Å². The largest absolute Gasteiger partial charge is 0.497 e. The number of non-ortho nitro benzene ring substituents is 1. The lowest BCUT2D eigenvalue weighted by Crippen LogP contribution is -2.30. The minimum Gasteiger partial charge on any atom is -0.497 e. The van der Waals surface area contributed by atoms with Crippen molar-refractivity contribution in [1.29, 1.82) is 0 Å². The van der Waals surface area contributed by atoms with Crippen LogP contribution in [0.5, 0.6) is 5.75 Å². The Balaban J connectivity index is 2.07. The van der Waals surface area contributed by atoms with Crippen molar-refractivity contribution in [3.63, 3.8) is 0 Å². The summed E-state index contributed by atoms with van der Waals surface area (Å²) in [7, 11) is 1.49. The van der Waals surface area contributed by atoms with Crippen molar-refractivity contribution >= 4 is 34.9 Å². The predicted molar refractivity (Wildman–Crippen MR) is 94.6 cm³/mol. The lowest BCUT2D eigenvalue weighted by molar-refractivity contribution is -0.384. The number of halogens is 1.